The van der Waals surface area contributed by atoms with Crippen LogP contribution in [-0.2, 0) is 14.3 Å². The van der Waals surface area contributed by atoms with Crippen LogP contribution in [0, 0.1) is 50.2 Å². The topological polar surface area (TPSA) is 124 Å². The Morgan fingerprint density at radius 2 is 1.58 bits per heavy atom. The van der Waals surface area contributed by atoms with Crippen LogP contribution in [0.15, 0.2) is 11.6 Å². The molecule has 5 aliphatic rings. The number of carbonyl (C=O) groups excluding carboxylic acids is 1. The molecule has 0 aromatic rings. The van der Waals surface area contributed by atoms with E-state index in [-0.39, 0.29) is 28.6 Å². The fraction of sp³-hybridized carbons (Fsp3) is 0.871. The van der Waals surface area contributed by atoms with Crippen LogP contribution in [0.3, 0.4) is 0 Å². The summed E-state index contributed by atoms with van der Waals surface area (Å²) in [5.41, 5.74) is -2.30. The average Bonchev–Trinajstić information content (AvgIpc) is 2.82. The normalized spacial score (nSPS) is 53.4. The van der Waals surface area contributed by atoms with Gasteiger partial charge in [0.25, 0.3) is 0 Å². The molecule has 214 valence electrons. The highest BCUT2D eigenvalue weighted by atomic mass is 16.5. The molecule has 0 bridgehead atoms. The Hall–Kier alpha value is -1.44. The summed E-state index contributed by atoms with van der Waals surface area (Å²) in [7, 11) is 1.34. The maximum atomic E-state index is 13.1. The van der Waals surface area contributed by atoms with E-state index in [1.165, 1.54) is 12.7 Å². The highest BCUT2D eigenvalue weighted by molar-refractivity contribution is 5.78. The molecule has 4 fully saturated rings. The maximum absolute atomic E-state index is 13.1. The van der Waals surface area contributed by atoms with Gasteiger partial charge in [-0.15, -0.1) is 0 Å². The number of hydrogen-bond donors (Lipinski definition) is 4. The zero-order valence-corrected chi connectivity index (χ0v) is 24.2. The molecular weight excluding hydrogens is 484 g/mol. The Morgan fingerprint density at radius 3 is 2.18 bits per heavy atom. The number of aliphatic carboxylic acids is 1. The van der Waals surface area contributed by atoms with Gasteiger partial charge in [0.05, 0.1) is 30.8 Å². The lowest BCUT2D eigenvalue weighted by molar-refractivity contribution is -0.245. The van der Waals surface area contributed by atoms with Crippen LogP contribution >= 0.6 is 0 Å². The lowest BCUT2D eigenvalue weighted by atomic mass is 9.33. The molecule has 0 aliphatic heterocycles. The van der Waals surface area contributed by atoms with Crippen LogP contribution in [-0.4, -0.2) is 57.8 Å². The van der Waals surface area contributed by atoms with Gasteiger partial charge in [0.15, 0.2) is 0 Å². The number of esters is 1. The van der Waals surface area contributed by atoms with Crippen molar-refractivity contribution in [1.29, 1.82) is 0 Å². The molecule has 38 heavy (non-hydrogen) atoms. The highest BCUT2D eigenvalue weighted by Crippen LogP contribution is 2.75. The number of aliphatic hydroxyl groups excluding tert-OH is 3. The van der Waals surface area contributed by atoms with Gasteiger partial charge in [-0.2, -0.15) is 0 Å². The Bertz CT molecular complexity index is 1070. The number of carbonyl (C=O) groups is 2. The standard InChI is InChI=1S/C31H48O7/c1-26(2)12-13-31(24(35)36)18(14-26)17-8-9-20-27(3)15-19(32)23(34)30(6,25(37)38-7)21(27)10-11-28(20,4)29(17,5)16-22(31)33/h8,18-23,32-34H,9-16H2,1-7H3,(H,35,36)/t18-,19-,20-,21+,22+,23-,27+,28+,29+,30-,31+/m0/s1. The van der Waals surface area contributed by atoms with Crippen molar-refractivity contribution in [1.82, 2.24) is 0 Å². The third-order valence-electron chi connectivity index (χ3n) is 13.3. The molecule has 11 atom stereocenters. The first-order valence-electron chi connectivity index (χ1n) is 14.5. The van der Waals surface area contributed by atoms with Gasteiger partial charge in [-0.05, 0) is 97.7 Å². The molecule has 0 saturated heterocycles. The van der Waals surface area contributed by atoms with Crippen LogP contribution in [0.1, 0.15) is 92.9 Å². The Labute approximate surface area is 227 Å². The van der Waals surface area contributed by atoms with Crippen molar-refractivity contribution >= 4 is 11.9 Å². The van der Waals surface area contributed by atoms with Gasteiger partial charge in [0, 0.05) is 0 Å². The van der Waals surface area contributed by atoms with Crippen molar-refractivity contribution in [3.63, 3.8) is 0 Å². The zero-order chi connectivity index (χ0) is 28.3. The fourth-order valence-electron chi connectivity index (χ4n) is 11.0. The minimum atomic E-state index is -1.22. The molecule has 5 aliphatic carbocycles. The van der Waals surface area contributed by atoms with Gasteiger partial charge in [-0.3, -0.25) is 9.59 Å². The van der Waals surface area contributed by atoms with Gasteiger partial charge in [-0.1, -0.05) is 46.3 Å². The predicted octanol–water partition coefficient (Wildman–Crippen LogP) is 4.33. The van der Waals surface area contributed by atoms with Gasteiger partial charge in [0.2, 0.25) is 0 Å². The molecule has 7 heteroatoms. The van der Waals surface area contributed by atoms with E-state index >= 15 is 0 Å². The summed E-state index contributed by atoms with van der Waals surface area (Å²) < 4.78 is 5.19. The SMILES string of the molecule is COC(=O)[C@@]1(C)[C@@H]2CC[C@]3(C)[C@@H](CC=C4[C@@H]5CC(C)(C)CC[C@]5(C(=O)O)[C@H](O)C[C@]43C)[C@@]2(C)C[C@H](O)[C@@H]1O. The van der Waals surface area contributed by atoms with Gasteiger partial charge in [-0.25, -0.2) is 0 Å². The maximum Gasteiger partial charge on any atom is 0.314 e. The molecule has 0 amide bonds. The van der Waals surface area contributed by atoms with Gasteiger partial charge < -0.3 is 25.2 Å². The molecule has 0 aromatic heterocycles. The number of carboxylic acid groups (broad SMARTS) is 1. The van der Waals surface area contributed by atoms with E-state index in [9.17, 15) is 30.0 Å². The molecule has 0 heterocycles. The van der Waals surface area contributed by atoms with E-state index in [2.05, 4.69) is 40.7 Å². The second-order valence-corrected chi connectivity index (χ2v) is 15.3. The molecule has 0 aromatic carbocycles. The fourth-order valence-corrected chi connectivity index (χ4v) is 11.0. The summed E-state index contributed by atoms with van der Waals surface area (Å²) in [4.78, 5) is 26.0. The number of allylic oxidation sites excluding steroid dienone is 2. The average molecular weight is 533 g/mol. The molecule has 4 N–H and O–H groups in total. The first kappa shape index (κ1) is 28.1. The van der Waals surface area contributed by atoms with Gasteiger partial charge in [0.1, 0.15) is 5.41 Å². The van der Waals surface area contributed by atoms with E-state index in [0.29, 0.717) is 25.7 Å². The molecular formula is C31H48O7. The third kappa shape index (κ3) is 3.18. The minimum absolute atomic E-state index is 0.00420. The van der Waals surface area contributed by atoms with E-state index in [4.69, 9.17) is 4.74 Å². The molecule has 7 nitrogen and oxygen atoms in total. The molecule has 0 unspecified atom stereocenters. The van der Waals surface area contributed by atoms with Crippen molar-refractivity contribution in [2.24, 2.45) is 50.2 Å². The second-order valence-electron chi connectivity index (χ2n) is 15.3. The first-order chi connectivity index (χ1) is 17.5. The highest BCUT2D eigenvalue weighted by Gasteiger charge is 2.73. The van der Waals surface area contributed by atoms with E-state index in [1.807, 2.05) is 0 Å². The third-order valence-corrected chi connectivity index (χ3v) is 13.3. The number of carboxylic acids is 1. The van der Waals surface area contributed by atoms with Crippen LogP contribution in [0.4, 0.5) is 0 Å². The molecule has 0 radical (unpaired) electrons. The number of aliphatic hydroxyl groups is 3. The Balaban J connectivity index is 1.64. The molecule has 4 saturated carbocycles. The number of hydrogen-bond acceptors (Lipinski definition) is 6. The summed E-state index contributed by atoms with van der Waals surface area (Å²) in [6.45, 7) is 12.9. The largest absolute Gasteiger partial charge is 0.481 e. The molecule has 5 rings (SSSR count). The summed E-state index contributed by atoms with van der Waals surface area (Å²) in [5, 5.41) is 44.5. The van der Waals surface area contributed by atoms with E-state index < -0.39 is 51.9 Å². The van der Waals surface area contributed by atoms with E-state index in [0.717, 1.165) is 25.7 Å². The monoisotopic (exact) mass is 532 g/mol. The quantitative estimate of drug-likeness (QED) is 0.308. The van der Waals surface area contributed by atoms with Crippen LogP contribution in [0.5, 0.6) is 0 Å². The van der Waals surface area contributed by atoms with Crippen molar-refractivity contribution in [3.05, 3.63) is 11.6 Å². The number of methoxy groups -OCH3 is 1. The van der Waals surface area contributed by atoms with Crippen molar-refractivity contribution in [2.45, 2.75) is 111 Å². The van der Waals surface area contributed by atoms with Crippen molar-refractivity contribution in [3.8, 4) is 0 Å². The van der Waals surface area contributed by atoms with Crippen LogP contribution in [0.25, 0.3) is 0 Å². The second kappa shape index (κ2) is 8.29. The Kier molecular flexibility index (Phi) is 6.13. The van der Waals surface area contributed by atoms with Gasteiger partial charge >= 0.3 is 11.9 Å². The predicted molar refractivity (Wildman–Crippen MR) is 142 cm³/mol. The summed E-state index contributed by atoms with van der Waals surface area (Å²) in [5.74, 6) is -1.66. The minimum Gasteiger partial charge on any atom is -0.481 e. The number of fused-ring (bicyclic) bond motifs is 7. The van der Waals surface area contributed by atoms with E-state index in [1.54, 1.807) is 6.92 Å². The zero-order valence-electron chi connectivity index (χ0n) is 24.2. The van der Waals surface area contributed by atoms with Crippen molar-refractivity contribution in [2.75, 3.05) is 7.11 Å². The molecule has 0 spiro atoms. The van der Waals surface area contributed by atoms with Crippen LogP contribution < -0.4 is 0 Å². The first-order valence-corrected chi connectivity index (χ1v) is 14.5. The van der Waals surface area contributed by atoms with Crippen molar-refractivity contribution < 1.29 is 34.8 Å². The smallest absolute Gasteiger partial charge is 0.314 e. The Morgan fingerprint density at radius 1 is 0.921 bits per heavy atom. The lowest BCUT2D eigenvalue weighted by Crippen LogP contribution is -2.70. The van der Waals surface area contributed by atoms with Crippen LogP contribution in [0.2, 0.25) is 0 Å². The summed E-state index contributed by atoms with van der Waals surface area (Å²) >= 11 is 0. The summed E-state index contributed by atoms with van der Waals surface area (Å²) in [6.07, 6.45) is 4.11. The number of ether oxygens (including phenoxy) is 1. The summed E-state index contributed by atoms with van der Waals surface area (Å²) in [6, 6.07) is 0. The number of rotatable bonds is 2. The lowest BCUT2D eigenvalue weighted by Gasteiger charge is -2.71.